The van der Waals surface area contributed by atoms with Crippen LogP contribution in [-0.4, -0.2) is 176 Å². The maximum Gasteiger partial charge on any atom is 0.308 e. The van der Waals surface area contributed by atoms with Crippen molar-refractivity contribution >= 4 is 29.7 Å². The first-order valence-electron chi connectivity index (χ1n) is 18.5. The lowest BCUT2D eigenvalue weighted by Gasteiger charge is -2.24. The fourth-order valence-corrected chi connectivity index (χ4v) is 4.35. The molecule has 0 atom stereocenters. The van der Waals surface area contributed by atoms with Gasteiger partial charge < -0.3 is 52.3 Å². The molecule has 1 aliphatic heterocycles. The highest BCUT2D eigenvalue weighted by atomic mass is 16.6. The van der Waals surface area contributed by atoms with E-state index in [1.165, 1.54) is 12.2 Å². The molecule has 0 unspecified atom stereocenters. The van der Waals surface area contributed by atoms with Gasteiger partial charge in [0.1, 0.15) is 11.2 Å². The Morgan fingerprint density at radius 1 is 0.481 bits per heavy atom. The van der Waals surface area contributed by atoms with Crippen molar-refractivity contribution in [3.8, 4) is 0 Å². The summed E-state index contributed by atoms with van der Waals surface area (Å²) < 4.78 is 54.4. The molecule has 1 rings (SSSR count). The lowest BCUT2D eigenvalue weighted by atomic mass is 10.2. The van der Waals surface area contributed by atoms with Crippen LogP contribution in [0.2, 0.25) is 0 Å². The van der Waals surface area contributed by atoms with E-state index in [9.17, 15) is 24.0 Å². The van der Waals surface area contributed by atoms with Crippen LogP contribution in [0.1, 0.15) is 60.8 Å². The third-order valence-corrected chi connectivity index (χ3v) is 6.79. The summed E-state index contributed by atoms with van der Waals surface area (Å²) in [6.07, 6.45) is 2.73. The van der Waals surface area contributed by atoms with Crippen LogP contribution in [0.25, 0.3) is 0 Å². The number of rotatable bonds is 33. The van der Waals surface area contributed by atoms with Crippen LogP contribution < -0.4 is 0 Å². The molecule has 1 aliphatic rings. The van der Waals surface area contributed by atoms with Crippen LogP contribution in [0, 0.1) is 0 Å². The van der Waals surface area contributed by atoms with Crippen molar-refractivity contribution in [1.29, 1.82) is 0 Å². The molecule has 0 saturated carbocycles. The van der Waals surface area contributed by atoms with Crippen molar-refractivity contribution in [1.82, 2.24) is 9.80 Å². The summed E-state index contributed by atoms with van der Waals surface area (Å²) in [5.74, 6) is -1.71. The van der Waals surface area contributed by atoms with Gasteiger partial charge in [-0.15, -0.1) is 0 Å². The lowest BCUT2D eigenvalue weighted by Crippen LogP contribution is -2.40. The molecule has 54 heavy (non-hydrogen) atoms. The quantitative estimate of drug-likeness (QED) is 0.0533. The molecule has 0 aromatic rings. The Hall–Kier alpha value is -3.03. The third-order valence-electron chi connectivity index (χ3n) is 6.79. The highest BCUT2D eigenvalue weighted by Gasteiger charge is 2.25. The summed E-state index contributed by atoms with van der Waals surface area (Å²) in [7, 11) is 0. The second-order valence-electron chi connectivity index (χ2n) is 13.9. The number of carbonyl (C=O) groups excluding carboxylic acids is 5. The highest BCUT2D eigenvalue weighted by Crippen LogP contribution is 2.09. The molecule has 17 nitrogen and oxygen atoms in total. The second-order valence-corrected chi connectivity index (χ2v) is 13.9. The fourth-order valence-electron chi connectivity index (χ4n) is 4.35. The van der Waals surface area contributed by atoms with Gasteiger partial charge in [-0.25, -0.2) is 0 Å². The van der Waals surface area contributed by atoms with Gasteiger partial charge in [0.05, 0.1) is 119 Å². The van der Waals surface area contributed by atoms with Crippen molar-refractivity contribution in [3.63, 3.8) is 0 Å². The minimum Gasteiger partial charge on any atom is -0.460 e. The number of carbonyl (C=O) groups is 5. The van der Waals surface area contributed by atoms with E-state index in [1.54, 1.807) is 4.90 Å². The summed E-state index contributed by atoms with van der Waals surface area (Å²) in [4.78, 5) is 62.6. The maximum atomic E-state index is 13.0. The average Bonchev–Trinajstić information content (AvgIpc) is 3.40. The molecule has 0 aromatic heterocycles. The topological polar surface area (TPSA) is 184 Å². The normalized spacial score (nSPS) is 13.2. The van der Waals surface area contributed by atoms with Crippen LogP contribution in [0.5, 0.6) is 0 Å². The molecule has 0 spiro atoms. The molecule has 0 bridgehead atoms. The fraction of sp³-hybridized carbons (Fsp3) is 0.811. The van der Waals surface area contributed by atoms with E-state index < -0.39 is 23.0 Å². The molecule has 312 valence electrons. The summed E-state index contributed by atoms with van der Waals surface area (Å²) in [6, 6.07) is 0. The number of hydrogen-bond donors (Lipinski definition) is 0. The largest absolute Gasteiger partial charge is 0.460 e. The zero-order chi connectivity index (χ0) is 40.1. The number of nitrogens with zero attached hydrogens (tertiary/aromatic N) is 2. The Labute approximate surface area is 320 Å². The van der Waals surface area contributed by atoms with Crippen LogP contribution in [-0.2, 0) is 71.3 Å². The number of amides is 3. The Kier molecular flexibility index (Phi) is 26.6. The number of hydrogen-bond acceptors (Lipinski definition) is 15. The third kappa shape index (κ3) is 28.4. The monoisotopic (exact) mass is 776 g/mol. The number of esters is 2. The smallest absolute Gasteiger partial charge is 0.308 e. The summed E-state index contributed by atoms with van der Waals surface area (Å²) in [6.45, 7) is 16.8. The van der Waals surface area contributed by atoms with E-state index in [1.807, 2.05) is 41.5 Å². The van der Waals surface area contributed by atoms with E-state index in [2.05, 4.69) is 0 Å². The van der Waals surface area contributed by atoms with Gasteiger partial charge in [0.2, 0.25) is 5.91 Å². The van der Waals surface area contributed by atoms with E-state index in [4.69, 9.17) is 47.4 Å². The van der Waals surface area contributed by atoms with Crippen LogP contribution in [0.3, 0.4) is 0 Å². The van der Waals surface area contributed by atoms with Crippen LogP contribution >= 0.6 is 0 Å². The van der Waals surface area contributed by atoms with Crippen molar-refractivity contribution < 1.29 is 71.3 Å². The molecule has 1 heterocycles. The van der Waals surface area contributed by atoms with Gasteiger partial charge in [-0.2, -0.15) is 0 Å². The van der Waals surface area contributed by atoms with Crippen molar-refractivity contribution in [3.05, 3.63) is 12.2 Å². The predicted molar refractivity (Wildman–Crippen MR) is 195 cm³/mol. The minimum absolute atomic E-state index is 0.00997. The van der Waals surface area contributed by atoms with E-state index in [0.29, 0.717) is 79.3 Å². The molecule has 3 amide bonds. The average molecular weight is 777 g/mol. The first-order chi connectivity index (χ1) is 25.7. The molecule has 0 aliphatic carbocycles. The molecule has 0 saturated heterocycles. The van der Waals surface area contributed by atoms with Gasteiger partial charge in [0.15, 0.2) is 0 Å². The molecule has 0 radical (unpaired) electrons. The lowest BCUT2D eigenvalue weighted by molar-refractivity contribution is -0.157. The van der Waals surface area contributed by atoms with E-state index >= 15 is 0 Å². The summed E-state index contributed by atoms with van der Waals surface area (Å²) in [5, 5.41) is 0. The van der Waals surface area contributed by atoms with E-state index in [0.717, 1.165) is 4.90 Å². The Balaban J connectivity index is 2.15. The number of imide groups is 1. The van der Waals surface area contributed by atoms with Gasteiger partial charge in [0.25, 0.3) is 11.8 Å². The zero-order valence-corrected chi connectivity index (χ0v) is 33.2. The summed E-state index contributed by atoms with van der Waals surface area (Å²) in [5.41, 5.74) is -1.03. The molecular formula is C37H64N2O15. The van der Waals surface area contributed by atoms with Crippen LogP contribution in [0.15, 0.2) is 12.2 Å². The molecular weight excluding hydrogens is 712 g/mol. The molecule has 0 aromatic carbocycles. The standard InChI is InChI=1S/C37H64N2O15/c1-36(2,3)53-34(43)10-15-45-19-23-49-27-29-51-25-21-47-17-13-38(31(40)9-12-39-32(41)7-8-33(39)42)14-18-48-22-26-52-30-28-50-24-20-46-16-11-35(44)54-37(4,5)6/h7-8H,9-30H2,1-6H3. The molecule has 0 N–H and O–H groups in total. The van der Waals surface area contributed by atoms with Crippen molar-refractivity contribution in [2.45, 2.75) is 72.0 Å². The Morgan fingerprint density at radius 3 is 1.09 bits per heavy atom. The highest BCUT2D eigenvalue weighted by molar-refractivity contribution is 6.13. The SMILES string of the molecule is CC(C)(C)OC(=O)CCOCCOCCOCCOCCN(CCOCCOCCOCCOCCC(=O)OC(C)(C)C)C(=O)CCN1C(=O)C=CC1=O. The second kappa shape index (κ2) is 29.3. The molecule has 0 fully saturated rings. The summed E-state index contributed by atoms with van der Waals surface area (Å²) >= 11 is 0. The van der Waals surface area contributed by atoms with Gasteiger partial charge >= 0.3 is 11.9 Å². The van der Waals surface area contributed by atoms with Gasteiger partial charge in [-0.1, -0.05) is 0 Å². The predicted octanol–water partition coefficient (Wildman–Crippen LogP) is 1.73. The van der Waals surface area contributed by atoms with Gasteiger partial charge in [-0.3, -0.25) is 28.9 Å². The van der Waals surface area contributed by atoms with E-state index in [-0.39, 0.29) is 83.2 Å². The molecule has 17 heteroatoms. The van der Waals surface area contributed by atoms with Crippen molar-refractivity contribution in [2.75, 3.05) is 125 Å². The zero-order valence-electron chi connectivity index (χ0n) is 33.2. The first-order valence-corrected chi connectivity index (χ1v) is 18.5. The van der Waals surface area contributed by atoms with Gasteiger partial charge in [0, 0.05) is 38.2 Å². The van der Waals surface area contributed by atoms with Gasteiger partial charge in [-0.05, 0) is 41.5 Å². The maximum absolute atomic E-state index is 13.0. The Morgan fingerprint density at radius 2 is 0.778 bits per heavy atom. The van der Waals surface area contributed by atoms with Crippen LogP contribution in [0.4, 0.5) is 0 Å². The van der Waals surface area contributed by atoms with Crippen molar-refractivity contribution in [2.24, 2.45) is 0 Å². The number of ether oxygens (including phenoxy) is 10. The minimum atomic E-state index is -0.513. The first kappa shape index (κ1) is 49.0. The Bertz CT molecular complexity index is 1030.